The lowest BCUT2D eigenvalue weighted by molar-refractivity contribution is 0.0995. The molecule has 172 valence electrons. The third-order valence-corrected chi connectivity index (χ3v) is 6.07. The number of sulfonamides is 1. The highest BCUT2D eigenvalue weighted by Crippen LogP contribution is 2.25. The second-order valence-corrected chi connectivity index (χ2v) is 8.75. The molecule has 0 aliphatic heterocycles. The van der Waals surface area contributed by atoms with Crippen molar-refractivity contribution in [3.63, 3.8) is 0 Å². The molecule has 2 amide bonds. The summed E-state index contributed by atoms with van der Waals surface area (Å²) in [6.45, 7) is 0. The van der Waals surface area contributed by atoms with Crippen LogP contribution in [0.15, 0.2) is 101 Å². The molecule has 0 atom stereocenters. The largest absolute Gasteiger partial charge is 0.459 e. The van der Waals surface area contributed by atoms with E-state index in [1.165, 1.54) is 30.5 Å². The highest BCUT2D eigenvalue weighted by Gasteiger charge is 2.17. The van der Waals surface area contributed by atoms with E-state index in [-0.39, 0.29) is 27.6 Å². The van der Waals surface area contributed by atoms with Gasteiger partial charge in [-0.3, -0.25) is 14.3 Å². The van der Waals surface area contributed by atoms with Gasteiger partial charge in [0.15, 0.2) is 5.76 Å². The van der Waals surface area contributed by atoms with Gasteiger partial charge < -0.3 is 15.1 Å². The van der Waals surface area contributed by atoms with Crippen LogP contribution in [0, 0.1) is 5.82 Å². The molecule has 0 aliphatic rings. The quantitative estimate of drug-likeness (QED) is 0.354. The zero-order valence-electron chi connectivity index (χ0n) is 17.5. The first-order valence-electron chi connectivity index (χ1n) is 9.95. The molecular weight excluding hydrogens is 461 g/mol. The molecule has 0 unspecified atom stereocenters. The van der Waals surface area contributed by atoms with Crippen molar-refractivity contribution in [2.75, 3.05) is 15.4 Å². The van der Waals surface area contributed by atoms with Crippen molar-refractivity contribution in [1.29, 1.82) is 0 Å². The number of carbonyl (C=O) groups excluding carboxylic acids is 2. The summed E-state index contributed by atoms with van der Waals surface area (Å²) in [5, 5.41) is 5.31. The Kier molecular flexibility index (Phi) is 6.42. The summed E-state index contributed by atoms with van der Waals surface area (Å²) in [5.74, 6) is -1.32. The molecule has 0 saturated heterocycles. The highest BCUT2D eigenvalue weighted by molar-refractivity contribution is 7.92. The number of halogens is 1. The number of amides is 2. The summed E-state index contributed by atoms with van der Waals surface area (Å²) < 4.78 is 45.9. The minimum atomic E-state index is -4.00. The third kappa shape index (κ3) is 5.30. The lowest BCUT2D eigenvalue weighted by Gasteiger charge is -2.14. The van der Waals surface area contributed by atoms with Gasteiger partial charge in [0.2, 0.25) is 0 Å². The Hall–Kier alpha value is -4.44. The molecule has 0 radical (unpaired) electrons. The number of hydrogen-bond donors (Lipinski definition) is 3. The smallest absolute Gasteiger partial charge is 0.291 e. The van der Waals surface area contributed by atoms with Crippen LogP contribution < -0.4 is 15.4 Å². The first kappa shape index (κ1) is 22.7. The first-order valence-corrected chi connectivity index (χ1v) is 11.4. The van der Waals surface area contributed by atoms with E-state index in [2.05, 4.69) is 15.4 Å². The predicted molar refractivity (Wildman–Crippen MR) is 125 cm³/mol. The minimum absolute atomic E-state index is 0.123. The zero-order valence-corrected chi connectivity index (χ0v) is 18.3. The van der Waals surface area contributed by atoms with Crippen molar-refractivity contribution in [3.05, 3.63) is 108 Å². The molecule has 0 spiro atoms. The van der Waals surface area contributed by atoms with Crippen molar-refractivity contribution in [2.45, 2.75) is 4.90 Å². The van der Waals surface area contributed by atoms with Crippen LogP contribution in [0.1, 0.15) is 20.9 Å². The monoisotopic (exact) mass is 479 g/mol. The third-order valence-electron chi connectivity index (χ3n) is 4.69. The molecule has 1 aromatic heterocycles. The van der Waals surface area contributed by atoms with E-state index in [1.807, 2.05) is 0 Å². The standard InChI is InChI=1S/C24H18FN3O5S/c25-17-9-13-19(14-10-17)34(31,32)28-21-5-2-1-4-20(21)27-23(29)16-7-11-18(12-8-16)26-24(30)22-6-3-15-33-22/h1-15,28H,(H,26,30)(H,27,29). The van der Waals surface area contributed by atoms with Crippen LogP contribution in [-0.4, -0.2) is 20.2 Å². The van der Waals surface area contributed by atoms with Crippen LogP contribution in [-0.2, 0) is 10.0 Å². The van der Waals surface area contributed by atoms with Gasteiger partial charge in [-0.05, 0) is 72.8 Å². The van der Waals surface area contributed by atoms with Gasteiger partial charge in [0.25, 0.3) is 21.8 Å². The summed E-state index contributed by atoms with van der Waals surface area (Å²) in [4.78, 5) is 24.7. The molecule has 1 heterocycles. The van der Waals surface area contributed by atoms with Crippen LogP contribution in [0.25, 0.3) is 0 Å². The average Bonchev–Trinajstić information content (AvgIpc) is 3.36. The van der Waals surface area contributed by atoms with Gasteiger partial charge in [-0.1, -0.05) is 12.1 Å². The van der Waals surface area contributed by atoms with Crippen LogP contribution in [0.3, 0.4) is 0 Å². The zero-order chi connectivity index (χ0) is 24.1. The van der Waals surface area contributed by atoms with E-state index < -0.39 is 27.7 Å². The van der Waals surface area contributed by atoms with E-state index in [9.17, 15) is 22.4 Å². The number of benzene rings is 3. The molecule has 4 rings (SSSR count). The maximum absolute atomic E-state index is 13.1. The Morgan fingerprint density at radius 3 is 2.06 bits per heavy atom. The molecule has 0 fully saturated rings. The number of hydrogen-bond acceptors (Lipinski definition) is 5. The lowest BCUT2D eigenvalue weighted by atomic mass is 10.2. The Morgan fingerprint density at radius 1 is 0.735 bits per heavy atom. The number of rotatable bonds is 7. The fourth-order valence-electron chi connectivity index (χ4n) is 3.00. The lowest BCUT2D eigenvalue weighted by Crippen LogP contribution is -2.17. The van der Waals surface area contributed by atoms with Crippen LogP contribution in [0.4, 0.5) is 21.5 Å². The second kappa shape index (κ2) is 9.59. The molecule has 3 aromatic carbocycles. The van der Waals surface area contributed by atoms with Crippen molar-refractivity contribution < 1.29 is 26.8 Å². The average molecular weight is 479 g/mol. The Bertz CT molecular complexity index is 1420. The molecule has 4 aromatic rings. The van der Waals surface area contributed by atoms with Crippen LogP contribution >= 0.6 is 0 Å². The van der Waals surface area contributed by atoms with Crippen LogP contribution in [0.2, 0.25) is 0 Å². The van der Waals surface area contributed by atoms with Crippen molar-refractivity contribution in [2.24, 2.45) is 0 Å². The Balaban J connectivity index is 1.46. The molecule has 0 bridgehead atoms. The molecular formula is C24H18FN3O5S. The SMILES string of the molecule is O=C(Nc1ccccc1NS(=O)(=O)c1ccc(F)cc1)c1ccc(NC(=O)c2ccco2)cc1. The number of nitrogens with one attached hydrogen (secondary N) is 3. The van der Waals surface area contributed by atoms with Gasteiger partial charge in [0, 0.05) is 11.3 Å². The molecule has 0 saturated carbocycles. The predicted octanol–water partition coefficient (Wildman–Crippen LogP) is 4.72. The summed E-state index contributed by atoms with van der Waals surface area (Å²) in [5.41, 5.74) is 1.12. The van der Waals surface area contributed by atoms with Gasteiger partial charge in [-0.15, -0.1) is 0 Å². The van der Waals surface area contributed by atoms with Crippen molar-refractivity contribution in [1.82, 2.24) is 0 Å². The first-order chi connectivity index (χ1) is 16.3. The maximum Gasteiger partial charge on any atom is 0.291 e. The van der Waals surface area contributed by atoms with E-state index >= 15 is 0 Å². The number of carbonyl (C=O) groups is 2. The van der Waals surface area contributed by atoms with Crippen LogP contribution in [0.5, 0.6) is 0 Å². The molecule has 0 aliphatic carbocycles. The van der Waals surface area contributed by atoms with Crippen molar-refractivity contribution >= 4 is 38.9 Å². The van der Waals surface area contributed by atoms with E-state index in [0.717, 1.165) is 24.3 Å². The van der Waals surface area contributed by atoms with Gasteiger partial charge in [-0.25, -0.2) is 12.8 Å². The maximum atomic E-state index is 13.1. The second-order valence-electron chi connectivity index (χ2n) is 7.07. The summed E-state index contributed by atoms with van der Waals surface area (Å²) >= 11 is 0. The summed E-state index contributed by atoms with van der Waals surface area (Å²) in [7, 11) is -4.00. The Labute approximate surface area is 194 Å². The number of para-hydroxylation sites is 2. The molecule has 3 N–H and O–H groups in total. The fraction of sp³-hybridized carbons (Fsp3) is 0. The number of furan rings is 1. The van der Waals surface area contributed by atoms with Gasteiger partial charge >= 0.3 is 0 Å². The minimum Gasteiger partial charge on any atom is -0.459 e. The fourth-order valence-corrected chi connectivity index (χ4v) is 4.08. The van der Waals surface area contributed by atoms with E-state index in [4.69, 9.17) is 4.42 Å². The molecule has 10 heteroatoms. The normalized spacial score (nSPS) is 11.0. The highest BCUT2D eigenvalue weighted by atomic mass is 32.2. The Morgan fingerprint density at radius 2 is 1.41 bits per heavy atom. The van der Waals surface area contributed by atoms with Gasteiger partial charge in [-0.2, -0.15) is 0 Å². The van der Waals surface area contributed by atoms with Crippen molar-refractivity contribution in [3.8, 4) is 0 Å². The van der Waals surface area contributed by atoms with Gasteiger partial charge in [0.05, 0.1) is 22.5 Å². The summed E-state index contributed by atoms with van der Waals surface area (Å²) in [6, 6.07) is 19.9. The summed E-state index contributed by atoms with van der Waals surface area (Å²) in [6.07, 6.45) is 1.39. The van der Waals surface area contributed by atoms with Gasteiger partial charge in [0.1, 0.15) is 5.82 Å². The molecule has 8 nitrogen and oxygen atoms in total. The number of anilines is 3. The topological polar surface area (TPSA) is 118 Å². The molecule has 34 heavy (non-hydrogen) atoms. The van der Waals surface area contributed by atoms with E-state index in [1.54, 1.807) is 36.4 Å². The van der Waals surface area contributed by atoms with E-state index in [0.29, 0.717) is 5.69 Å².